The zero-order chi connectivity index (χ0) is 16.7. The highest BCUT2D eigenvalue weighted by Gasteiger charge is 2.42. The first-order chi connectivity index (χ1) is 11.1. The van der Waals surface area contributed by atoms with Gasteiger partial charge in [0.2, 0.25) is 0 Å². The third kappa shape index (κ3) is 3.71. The molecule has 0 radical (unpaired) electrons. The van der Waals surface area contributed by atoms with Crippen molar-refractivity contribution >= 4 is 18.4 Å². The van der Waals surface area contributed by atoms with Gasteiger partial charge in [-0.25, -0.2) is 0 Å². The quantitative estimate of drug-likeness (QED) is 0.579. The van der Waals surface area contributed by atoms with E-state index in [1.54, 1.807) is 0 Å². The summed E-state index contributed by atoms with van der Waals surface area (Å²) in [5.41, 5.74) is 0.255. The van der Waals surface area contributed by atoms with Gasteiger partial charge in [-0.3, -0.25) is 0 Å². The Labute approximate surface area is 141 Å². The van der Waals surface area contributed by atoms with Crippen LogP contribution in [0.5, 0.6) is 0 Å². The lowest BCUT2D eigenvalue weighted by Crippen LogP contribution is -2.61. The summed E-state index contributed by atoms with van der Waals surface area (Å²) in [7, 11) is -2.14. The fourth-order valence-electron chi connectivity index (χ4n) is 3.55. The van der Waals surface area contributed by atoms with Crippen LogP contribution in [0.4, 0.5) is 0 Å². The van der Waals surface area contributed by atoms with Crippen LogP contribution in [0.2, 0.25) is 11.6 Å². The summed E-state index contributed by atoms with van der Waals surface area (Å²) in [5.74, 6) is 0. The molecule has 0 spiro atoms. The van der Waals surface area contributed by atoms with Crippen molar-refractivity contribution < 1.29 is 5.11 Å². The molecule has 2 heteroatoms. The third-order valence-electron chi connectivity index (χ3n) is 4.56. The topological polar surface area (TPSA) is 20.2 Å². The molecule has 0 unspecified atom stereocenters. The Morgan fingerprint density at radius 2 is 1.43 bits per heavy atom. The molecule has 0 aromatic heterocycles. The Bertz CT molecular complexity index is 579. The zero-order valence-electron chi connectivity index (χ0n) is 13.9. The van der Waals surface area contributed by atoms with Gasteiger partial charge in [0.05, 0.1) is 6.10 Å². The van der Waals surface area contributed by atoms with Crippen molar-refractivity contribution in [2.24, 2.45) is 0 Å². The van der Waals surface area contributed by atoms with Gasteiger partial charge in [0, 0.05) is 0 Å². The molecule has 0 saturated carbocycles. The van der Waals surface area contributed by atoms with Crippen LogP contribution in [0, 0.1) is 0 Å². The molecule has 0 bridgehead atoms. The average molecular weight is 323 g/mol. The van der Waals surface area contributed by atoms with E-state index in [2.05, 4.69) is 73.8 Å². The molecule has 0 saturated heterocycles. The standard InChI is InChI=1S/C21H26OSi/c1-4-16-23(19(5-2)17-18(3)22,20-12-8-6-9-13-20)21-14-10-7-11-15-21/h4-15,18-19,22H,1-2,16-17H2,3H3/t18-,19+/m0/s1. The maximum absolute atomic E-state index is 10.0. The Kier molecular flexibility index (Phi) is 6.14. The molecular weight excluding hydrogens is 296 g/mol. The minimum Gasteiger partial charge on any atom is -0.393 e. The molecule has 2 atom stereocenters. The van der Waals surface area contributed by atoms with Gasteiger partial charge >= 0.3 is 0 Å². The summed E-state index contributed by atoms with van der Waals surface area (Å²) in [6, 6.07) is 22.3. The Balaban J connectivity index is 2.69. The molecule has 0 aliphatic rings. The third-order valence-corrected chi connectivity index (χ3v) is 9.95. The number of aliphatic hydroxyl groups excluding tert-OH is 1. The van der Waals surface area contributed by atoms with Crippen molar-refractivity contribution in [3.63, 3.8) is 0 Å². The van der Waals surface area contributed by atoms with Crippen molar-refractivity contribution in [2.75, 3.05) is 0 Å². The average Bonchev–Trinajstić information content (AvgIpc) is 2.59. The van der Waals surface area contributed by atoms with E-state index in [0.717, 1.165) is 12.5 Å². The van der Waals surface area contributed by atoms with Crippen molar-refractivity contribution in [1.29, 1.82) is 0 Å². The monoisotopic (exact) mass is 322 g/mol. The van der Waals surface area contributed by atoms with Crippen LogP contribution in [0.3, 0.4) is 0 Å². The SMILES string of the molecule is C=CC[Si](c1ccccc1)(c1ccccc1)[C@H](C=C)C[C@H](C)O. The van der Waals surface area contributed by atoms with Crippen LogP contribution in [0.25, 0.3) is 0 Å². The molecule has 23 heavy (non-hydrogen) atoms. The van der Waals surface area contributed by atoms with Gasteiger partial charge in [0.25, 0.3) is 0 Å². The van der Waals surface area contributed by atoms with Gasteiger partial charge in [-0.15, -0.1) is 13.2 Å². The van der Waals surface area contributed by atoms with Gasteiger partial charge < -0.3 is 5.11 Å². The summed E-state index contributed by atoms with van der Waals surface area (Å²) >= 11 is 0. The number of hydrogen-bond acceptors (Lipinski definition) is 1. The van der Waals surface area contributed by atoms with Crippen LogP contribution in [-0.4, -0.2) is 19.3 Å². The second-order valence-corrected chi connectivity index (χ2v) is 10.4. The molecule has 120 valence electrons. The second kappa shape index (κ2) is 8.09. The Hall–Kier alpha value is -1.90. The molecule has 0 aliphatic heterocycles. The predicted molar refractivity (Wildman–Crippen MR) is 103 cm³/mol. The predicted octanol–water partition coefficient (Wildman–Crippen LogP) is 3.76. The molecule has 2 rings (SSSR count). The molecule has 2 aromatic rings. The maximum atomic E-state index is 10.0. The summed E-state index contributed by atoms with van der Waals surface area (Å²) in [5, 5.41) is 12.8. The molecule has 1 N–H and O–H groups in total. The number of benzene rings is 2. The first-order valence-corrected chi connectivity index (χ1v) is 10.5. The van der Waals surface area contributed by atoms with E-state index in [1.807, 2.05) is 19.1 Å². The summed E-state index contributed by atoms with van der Waals surface area (Å²) in [6.07, 6.45) is 4.46. The van der Waals surface area contributed by atoms with Crippen LogP contribution in [-0.2, 0) is 0 Å². The molecule has 0 fully saturated rings. The van der Waals surface area contributed by atoms with Crippen molar-refractivity contribution in [3.05, 3.63) is 86.0 Å². The summed E-state index contributed by atoms with van der Waals surface area (Å²) < 4.78 is 0. The molecule has 0 aliphatic carbocycles. The minimum absolute atomic E-state index is 0.255. The Morgan fingerprint density at radius 3 is 1.78 bits per heavy atom. The number of rotatable bonds is 8. The summed E-state index contributed by atoms with van der Waals surface area (Å²) in [4.78, 5) is 0. The van der Waals surface area contributed by atoms with E-state index in [4.69, 9.17) is 0 Å². The lowest BCUT2D eigenvalue weighted by atomic mass is 10.2. The number of allylic oxidation sites excluding steroid dienone is 2. The van der Waals surface area contributed by atoms with Gasteiger partial charge in [0.1, 0.15) is 8.07 Å². The highest BCUT2D eigenvalue weighted by Crippen LogP contribution is 2.31. The number of hydrogen-bond donors (Lipinski definition) is 1. The maximum Gasteiger partial charge on any atom is 0.128 e. The fourth-order valence-corrected chi connectivity index (χ4v) is 8.69. The van der Waals surface area contributed by atoms with Crippen LogP contribution in [0.1, 0.15) is 13.3 Å². The molecular formula is C21H26OSi. The summed E-state index contributed by atoms with van der Waals surface area (Å²) in [6.45, 7) is 9.99. The van der Waals surface area contributed by atoms with Gasteiger partial charge in [-0.05, 0) is 24.9 Å². The molecule has 1 nitrogen and oxygen atoms in total. The van der Waals surface area contributed by atoms with E-state index in [9.17, 15) is 5.11 Å². The van der Waals surface area contributed by atoms with Gasteiger partial charge in [-0.1, -0.05) is 83.2 Å². The second-order valence-electron chi connectivity index (χ2n) is 6.12. The molecule has 0 heterocycles. The van der Waals surface area contributed by atoms with E-state index in [1.165, 1.54) is 10.4 Å². The highest BCUT2D eigenvalue weighted by atomic mass is 28.3. The van der Waals surface area contributed by atoms with Crippen LogP contribution >= 0.6 is 0 Å². The van der Waals surface area contributed by atoms with Crippen LogP contribution < -0.4 is 10.4 Å². The first-order valence-electron chi connectivity index (χ1n) is 8.17. The van der Waals surface area contributed by atoms with E-state index in [0.29, 0.717) is 0 Å². The smallest absolute Gasteiger partial charge is 0.128 e. The largest absolute Gasteiger partial charge is 0.393 e. The van der Waals surface area contributed by atoms with Crippen molar-refractivity contribution in [2.45, 2.75) is 31.0 Å². The minimum atomic E-state index is -2.14. The van der Waals surface area contributed by atoms with Crippen molar-refractivity contribution in [1.82, 2.24) is 0 Å². The van der Waals surface area contributed by atoms with Crippen molar-refractivity contribution in [3.8, 4) is 0 Å². The van der Waals surface area contributed by atoms with E-state index < -0.39 is 8.07 Å². The van der Waals surface area contributed by atoms with Gasteiger partial charge in [0.15, 0.2) is 0 Å². The zero-order valence-corrected chi connectivity index (χ0v) is 14.9. The van der Waals surface area contributed by atoms with Gasteiger partial charge in [-0.2, -0.15) is 0 Å². The van der Waals surface area contributed by atoms with Crippen LogP contribution in [0.15, 0.2) is 86.0 Å². The van der Waals surface area contributed by atoms with E-state index >= 15 is 0 Å². The van der Waals surface area contributed by atoms with E-state index in [-0.39, 0.29) is 11.6 Å². The molecule has 0 amide bonds. The lowest BCUT2D eigenvalue weighted by molar-refractivity contribution is 0.185. The Morgan fingerprint density at radius 1 is 0.957 bits per heavy atom. The molecule has 2 aromatic carbocycles. The number of aliphatic hydroxyl groups is 1. The fraction of sp³-hybridized carbons (Fsp3) is 0.238. The lowest BCUT2D eigenvalue weighted by Gasteiger charge is -2.39. The highest BCUT2D eigenvalue weighted by molar-refractivity contribution is 7.03. The normalized spacial score (nSPS) is 14.0. The first kappa shape index (κ1) is 17.5.